The number of carbonyl (C=O) groups is 2. The van der Waals surface area contributed by atoms with Gasteiger partial charge in [0.2, 0.25) is 12.3 Å². The van der Waals surface area contributed by atoms with Crippen LogP contribution in [0.5, 0.6) is 0 Å². The van der Waals surface area contributed by atoms with Gasteiger partial charge in [0.05, 0.1) is 6.10 Å². The first-order valence-corrected chi connectivity index (χ1v) is 5.72. The summed E-state index contributed by atoms with van der Waals surface area (Å²) < 4.78 is 2.27. The standard InChI is InChI=1S/C6H11NO2S.CH3NO.CH4S/c8-5-2-1-4(3-5)6(9)7-10;2-1-3;1-2/h4-5,8,10H,1-3H2,(H,7,9);1H,(H2,2,3);2H,1H3. The summed E-state index contributed by atoms with van der Waals surface area (Å²) in [5.74, 6) is -0.0904. The van der Waals surface area contributed by atoms with E-state index in [0.717, 1.165) is 12.8 Å². The highest BCUT2D eigenvalue weighted by atomic mass is 32.1. The number of primary amides is 1. The molecule has 5 nitrogen and oxygen atoms in total. The van der Waals surface area contributed by atoms with E-state index >= 15 is 0 Å². The van der Waals surface area contributed by atoms with Crippen molar-refractivity contribution >= 4 is 37.8 Å². The first-order chi connectivity index (χ1) is 7.15. The molecule has 7 heteroatoms. The topological polar surface area (TPSA) is 92.4 Å². The third-order valence-corrected chi connectivity index (χ3v) is 2.11. The Hall–Kier alpha value is -0.400. The lowest BCUT2D eigenvalue weighted by atomic mass is 10.1. The van der Waals surface area contributed by atoms with Crippen molar-refractivity contribution in [2.24, 2.45) is 11.7 Å². The summed E-state index contributed by atoms with van der Waals surface area (Å²) in [6.07, 6.45) is 3.78. The molecule has 0 saturated heterocycles. The van der Waals surface area contributed by atoms with Gasteiger partial charge in [0.15, 0.2) is 0 Å². The Morgan fingerprint density at radius 3 is 2.27 bits per heavy atom. The van der Waals surface area contributed by atoms with Crippen LogP contribution in [0.4, 0.5) is 0 Å². The van der Waals surface area contributed by atoms with Crippen LogP contribution in [0.15, 0.2) is 0 Å². The lowest BCUT2D eigenvalue weighted by Gasteiger charge is -2.04. The Labute approximate surface area is 101 Å². The maximum Gasteiger partial charge on any atom is 0.232 e. The largest absolute Gasteiger partial charge is 0.393 e. The van der Waals surface area contributed by atoms with E-state index in [1.807, 2.05) is 0 Å². The minimum atomic E-state index is -0.282. The van der Waals surface area contributed by atoms with Crippen LogP contribution >= 0.6 is 25.4 Å². The quantitative estimate of drug-likeness (QED) is 0.330. The molecule has 0 radical (unpaired) electrons. The van der Waals surface area contributed by atoms with Crippen LogP contribution in [0.3, 0.4) is 0 Å². The summed E-state index contributed by atoms with van der Waals surface area (Å²) in [7, 11) is 0. The number of rotatable bonds is 1. The van der Waals surface area contributed by atoms with Crippen molar-refractivity contribution in [2.75, 3.05) is 6.26 Å². The van der Waals surface area contributed by atoms with Gasteiger partial charge in [-0.2, -0.15) is 12.6 Å². The number of amides is 2. The van der Waals surface area contributed by atoms with Crippen molar-refractivity contribution < 1.29 is 14.7 Å². The molecule has 2 atom stereocenters. The molecule has 15 heavy (non-hydrogen) atoms. The molecule has 1 aliphatic rings. The number of aliphatic hydroxyl groups is 1. The van der Waals surface area contributed by atoms with Gasteiger partial charge < -0.3 is 15.6 Å². The van der Waals surface area contributed by atoms with Crippen molar-refractivity contribution in [1.29, 1.82) is 0 Å². The zero-order valence-corrected chi connectivity index (χ0v) is 10.4. The fourth-order valence-electron chi connectivity index (χ4n) is 1.29. The van der Waals surface area contributed by atoms with Gasteiger partial charge in [-0.1, -0.05) is 12.8 Å². The predicted octanol–water partition coefficient (Wildman–Crippen LogP) is -0.244. The second-order valence-electron chi connectivity index (χ2n) is 2.78. The zero-order valence-electron chi connectivity index (χ0n) is 8.59. The average Bonchev–Trinajstić information content (AvgIpc) is 2.68. The number of aliphatic hydroxyl groups excluding tert-OH is 1. The summed E-state index contributed by atoms with van der Waals surface area (Å²) in [4.78, 5) is 19.4. The lowest BCUT2D eigenvalue weighted by Crippen LogP contribution is -2.22. The molecular weight excluding hydrogens is 236 g/mol. The molecule has 0 heterocycles. The minimum Gasteiger partial charge on any atom is -0.393 e. The van der Waals surface area contributed by atoms with Gasteiger partial charge in [-0.15, -0.1) is 0 Å². The second-order valence-corrected chi connectivity index (χ2v) is 3.00. The van der Waals surface area contributed by atoms with Gasteiger partial charge in [-0.05, 0) is 25.5 Å². The van der Waals surface area contributed by atoms with Crippen LogP contribution in [0.1, 0.15) is 19.3 Å². The van der Waals surface area contributed by atoms with Crippen LogP contribution in [0, 0.1) is 5.92 Å². The van der Waals surface area contributed by atoms with E-state index < -0.39 is 0 Å². The monoisotopic (exact) mass is 254 g/mol. The van der Waals surface area contributed by atoms with Crippen molar-refractivity contribution in [3.63, 3.8) is 0 Å². The Kier molecular flexibility index (Phi) is 13.2. The van der Waals surface area contributed by atoms with E-state index in [2.05, 4.69) is 35.9 Å². The molecule has 0 aliphatic heterocycles. The van der Waals surface area contributed by atoms with Gasteiger partial charge in [0.25, 0.3) is 0 Å². The molecule has 0 aromatic rings. The SMILES string of the molecule is CS.NC=O.O=C(NS)C1CCC(O)C1. The van der Waals surface area contributed by atoms with E-state index in [1.165, 1.54) is 0 Å². The highest BCUT2D eigenvalue weighted by Gasteiger charge is 2.27. The van der Waals surface area contributed by atoms with E-state index in [1.54, 1.807) is 6.26 Å². The Balaban J connectivity index is 0. The van der Waals surface area contributed by atoms with Crippen molar-refractivity contribution in [3.05, 3.63) is 0 Å². The maximum atomic E-state index is 10.9. The summed E-state index contributed by atoms with van der Waals surface area (Å²) in [5.41, 5.74) is 4.17. The van der Waals surface area contributed by atoms with Gasteiger partial charge in [-0.3, -0.25) is 9.59 Å². The Bertz CT molecular complexity index is 181. The summed E-state index contributed by atoms with van der Waals surface area (Å²) in [5, 5.41) is 9.04. The summed E-state index contributed by atoms with van der Waals surface area (Å²) in [6, 6.07) is 0. The molecule has 1 rings (SSSR count). The molecule has 0 bridgehead atoms. The molecule has 2 unspecified atom stereocenters. The highest BCUT2D eigenvalue weighted by Crippen LogP contribution is 2.25. The summed E-state index contributed by atoms with van der Waals surface area (Å²) in [6.45, 7) is 0. The van der Waals surface area contributed by atoms with Crippen LogP contribution in [-0.4, -0.2) is 29.8 Å². The predicted molar refractivity (Wildman–Crippen MR) is 65.6 cm³/mol. The normalized spacial score (nSPS) is 22.7. The number of hydrogen-bond donors (Lipinski definition) is 5. The smallest absolute Gasteiger partial charge is 0.232 e. The van der Waals surface area contributed by atoms with Crippen molar-refractivity contribution in [1.82, 2.24) is 4.72 Å². The number of nitrogens with one attached hydrogen (secondary N) is 1. The first kappa shape index (κ1) is 17.0. The van der Waals surface area contributed by atoms with E-state index in [9.17, 15) is 4.79 Å². The molecule has 4 N–H and O–H groups in total. The minimum absolute atomic E-state index is 0.0208. The average molecular weight is 254 g/mol. The maximum absolute atomic E-state index is 10.9. The van der Waals surface area contributed by atoms with Crippen LogP contribution < -0.4 is 10.5 Å². The lowest BCUT2D eigenvalue weighted by molar-refractivity contribution is -0.123. The van der Waals surface area contributed by atoms with Crippen LogP contribution in [0.2, 0.25) is 0 Å². The number of hydrogen-bond acceptors (Lipinski definition) is 5. The fraction of sp³-hybridized carbons (Fsp3) is 0.750. The third kappa shape index (κ3) is 8.59. The molecular formula is C8H18N2O3S2. The van der Waals surface area contributed by atoms with Gasteiger partial charge in [0, 0.05) is 5.92 Å². The van der Waals surface area contributed by atoms with E-state index in [0.29, 0.717) is 6.42 Å². The number of nitrogens with two attached hydrogens (primary N) is 1. The molecule has 90 valence electrons. The Morgan fingerprint density at radius 2 is 2.00 bits per heavy atom. The number of carbonyl (C=O) groups excluding carboxylic acids is 2. The molecule has 0 aromatic carbocycles. The Morgan fingerprint density at radius 1 is 1.53 bits per heavy atom. The van der Waals surface area contributed by atoms with Gasteiger partial charge in [-0.25, -0.2) is 0 Å². The van der Waals surface area contributed by atoms with Crippen molar-refractivity contribution in [2.45, 2.75) is 25.4 Å². The van der Waals surface area contributed by atoms with Gasteiger partial charge >= 0.3 is 0 Å². The molecule has 0 aromatic heterocycles. The zero-order chi connectivity index (χ0) is 12.3. The van der Waals surface area contributed by atoms with Crippen molar-refractivity contribution in [3.8, 4) is 0 Å². The van der Waals surface area contributed by atoms with E-state index in [-0.39, 0.29) is 24.3 Å². The fourth-order valence-corrected chi connectivity index (χ4v) is 1.47. The molecule has 1 saturated carbocycles. The van der Waals surface area contributed by atoms with Crippen LogP contribution in [-0.2, 0) is 9.59 Å². The number of thiol groups is 2. The van der Waals surface area contributed by atoms with Gasteiger partial charge in [0.1, 0.15) is 0 Å². The summed E-state index contributed by atoms with van der Waals surface area (Å²) >= 11 is 7.17. The van der Waals surface area contributed by atoms with Crippen LogP contribution in [0.25, 0.3) is 0 Å². The van der Waals surface area contributed by atoms with E-state index in [4.69, 9.17) is 9.90 Å². The first-order valence-electron chi connectivity index (χ1n) is 4.37. The molecule has 2 amide bonds. The molecule has 0 spiro atoms. The highest BCUT2D eigenvalue weighted by molar-refractivity contribution is 7.79. The third-order valence-electron chi connectivity index (χ3n) is 1.89. The molecule has 1 fully saturated rings. The molecule has 1 aliphatic carbocycles. The second kappa shape index (κ2) is 11.7.